The van der Waals surface area contributed by atoms with Crippen LogP contribution in [0.2, 0.25) is 0 Å². The Balaban J connectivity index is 1.49. The SMILES string of the molecule is CCC(=CC[C@@H](C)[C@H]1CC[C@H]2[C@@H]3CCC4CCCC[C@]4(C)[C@H]3CC[C@]12C)C(C)=CO. The minimum atomic E-state index is 0.570. The molecule has 170 valence electrons. The van der Waals surface area contributed by atoms with E-state index in [2.05, 4.69) is 33.8 Å². The van der Waals surface area contributed by atoms with Gasteiger partial charge in [0, 0.05) is 0 Å². The molecule has 30 heavy (non-hydrogen) atoms. The zero-order valence-electron chi connectivity index (χ0n) is 20.6. The molecule has 4 fully saturated rings. The van der Waals surface area contributed by atoms with E-state index in [-0.39, 0.29) is 0 Å². The molecule has 0 bridgehead atoms. The van der Waals surface area contributed by atoms with Crippen molar-refractivity contribution in [1.29, 1.82) is 0 Å². The number of aliphatic hydroxyl groups is 1. The third-order valence-corrected chi connectivity index (χ3v) is 11.2. The summed E-state index contributed by atoms with van der Waals surface area (Å²) in [4.78, 5) is 0. The number of hydrogen-bond acceptors (Lipinski definition) is 1. The molecule has 4 aliphatic carbocycles. The zero-order valence-corrected chi connectivity index (χ0v) is 20.6. The third-order valence-electron chi connectivity index (χ3n) is 11.2. The molecular formula is C29H48O. The summed E-state index contributed by atoms with van der Waals surface area (Å²) in [5, 5.41) is 9.42. The van der Waals surface area contributed by atoms with Gasteiger partial charge < -0.3 is 5.11 Å². The fourth-order valence-corrected chi connectivity index (χ4v) is 9.43. The number of allylic oxidation sites excluding steroid dienone is 3. The molecule has 8 atom stereocenters. The Morgan fingerprint density at radius 1 is 0.967 bits per heavy atom. The molecule has 1 heteroatoms. The van der Waals surface area contributed by atoms with Crippen molar-refractivity contribution in [3.63, 3.8) is 0 Å². The van der Waals surface area contributed by atoms with Crippen LogP contribution in [0.15, 0.2) is 23.5 Å². The van der Waals surface area contributed by atoms with Crippen LogP contribution in [-0.2, 0) is 0 Å². The van der Waals surface area contributed by atoms with Gasteiger partial charge >= 0.3 is 0 Å². The molecule has 1 unspecified atom stereocenters. The first kappa shape index (κ1) is 22.5. The molecule has 4 aliphatic rings. The van der Waals surface area contributed by atoms with Crippen molar-refractivity contribution in [2.24, 2.45) is 46.3 Å². The minimum absolute atomic E-state index is 0.570. The van der Waals surface area contributed by atoms with Crippen LogP contribution in [0.25, 0.3) is 0 Å². The summed E-state index contributed by atoms with van der Waals surface area (Å²) >= 11 is 0. The minimum Gasteiger partial charge on any atom is -0.515 e. The Morgan fingerprint density at radius 3 is 2.47 bits per heavy atom. The van der Waals surface area contributed by atoms with Crippen LogP contribution in [0, 0.1) is 46.3 Å². The first-order chi connectivity index (χ1) is 14.3. The molecule has 0 spiro atoms. The van der Waals surface area contributed by atoms with Gasteiger partial charge in [-0.3, -0.25) is 0 Å². The van der Waals surface area contributed by atoms with E-state index in [9.17, 15) is 5.11 Å². The number of rotatable bonds is 5. The highest BCUT2D eigenvalue weighted by atomic mass is 16.2. The summed E-state index contributed by atoms with van der Waals surface area (Å²) in [6.07, 6.45) is 20.9. The molecule has 0 aromatic carbocycles. The summed E-state index contributed by atoms with van der Waals surface area (Å²) in [5.41, 5.74) is 3.61. The fourth-order valence-electron chi connectivity index (χ4n) is 9.43. The standard InChI is InChI=1S/C29H48O/c1-6-22(21(3)19-30)11-10-20(2)25-14-15-26-24-13-12-23-9-7-8-17-28(23,4)27(24)16-18-29(25,26)5/h11,19-20,23-27,30H,6-10,12-18H2,1-5H3/t20-,23?,24+,25-,26+,27+,28+,29-/m1/s1. The zero-order chi connectivity index (χ0) is 21.5. The van der Waals surface area contributed by atoms with Crippen molar-refractivity contribution in [3.05, 3.63) is 23.5 Å². The normalized spacial score (nSPS) is 45.4. The van der Waals surface area contributed by atoms with Crippen molar-refractivity contribution in [2.45, 2.75) is 112 Å². The predicted molar refractivity (Wildman–Crippen MR) is 128 cm³/mol. The molecule has 0 radical (unpaired) electrons. The summed E-state index contributed by atoms with van der Waals surface area (Å²) < 4.78 is 0. The van der Waals surface area contributed by atoms with Gasteiger partial charge in [0.05, 0.1) is 6.26 Å². The lowest BCUT2D eigenvalue weighted by Gasteiger charge is -2.61. The van der Waals surface area contributed by atoms with Crippen LogP contribution in [0.4, 0.5) is 0 Å². The summed E-state index contributed by atoms with van der Waals surface area (Å²) in [7, 11) is 0. The first-order valence-corrected chi connectivity index (χ1v) is 13.4. The molecule has 4 rings (SSSR count). The van der Waals surface area contributed by atoms with Gasteiger partial charge in [0.15, 0.2) is 0 Å². The van der Waals surface area contributed by atoms with E-state index in [1.807, 2.05) is 6.92 Å². The highest BCUT2D eigenvalue weighted by molar-refractivity contribution is 5.27. The van der Waals surface area contributed by atoms with Gasteiger partial charge in [-0.1, -0.05) is 46.6 Å². The van der Waals surface area contributed by atoms with Crippen LogP contribution in [0.1, 0.15) is 112 Å². The van der Waals surface area contributed by atoms with Gasteiger partial charge in [-0.2, -0.15) is 0 Å². The van der Waals surface area contributed by atoms with Crippen molar-refractivity contribution in [2.75, 3.05) is 0 Å². The molecule has 1 nitrogen and oxygen atoms in total. The third kappa shape index (κ3) is 3.61. The maximum Gasteiger partial charge on any atom is 0.0823 e. The van der Waals surface area contributed by atoms with E-state index >= 15 is 0 Å². The lowest BCUT2D eigenvalue weighted by Crippen LogP contribution is -2.53. The molecule has 0 amide bonds. The van der Waals surface area contributed by atoms with Gasteiger partial charge in [-0.25, -0.2) is 0 Å². The van der Waals surface area contributed by atoms with E-state index in [1.165, 1.54) is 82.5 Å². The van der Waals surface area contributed by atoms with Gasteiger partial charge in [0.25, 0.3) is 0 Å². The van der Waals surface area contributed by atoms with Crippen LogP contribution in [0.3, 0.4) is 0 Å². The Hall–Kier alpha value is -0.720. The number of aliphatic hydroxyl groups excluding tert-OH is 1. The van der Waals surface area contributed by atoms with Crippen molar-refractivity contribution < 1.29 is 5.11 Å². The highest BCUT2D eigenvalue weighted by Crippen LogP contribution is 2.68. The molecule has 1 N–H and O–H groups in total. The van der Waals surface area contributed by atoms with Crippen LogP contribution >= 0.6 is 0 Å². The van der Waals surface area contributed by atoms with Crippen LogP contribution in [-0.4, -0.2) is 5.11 Å². The molecule has 4 saturated carbocycles. The highest BCUT2D eigenvalue weighted by Gasteiger charge is 2.59. The quantitative estimate of drug-likeness (QED) is 0.353. The smallest absolute Gasteiger partial charge is 0.0823 e. The first-order valence-electron chi connectivity index (χ1n) is 13.4. The maximum absolute atomic E-state index is 9.42. The average Bonchev–Trinajstić information content (AvgIpc) is 3.10. The average molecular weight is 413 g/mol. The lowest BCUT2D eigenvalue weighted by atomic mass is 9.44. The van der Waals surface area contributed by atoms with Crippen LogP contribution in [0.5, 0.6) is 0 Å². The molecule has 0 heterocycles. The predicted octanol–water partition coefficient (Wildman–Crippen LogP) is 8.86. The Bertz CT molecular complexity index is 674. The van der Waals surface area contributed by atoms with Crippen molar-refractivity contribution in [3.8, 4) is 0 Å². The lowest BCUT2D eigenvalue weighted by molar-refractivity contribution is -0.114. The molecule has 0 aromatic rings. The van der Waals surface area contributed by atoms with Crippen molar-refractivity contribution in [1.82, 2.24) is 0 Å². The molecule has 0 aromatic heterocycles. The van der Waals surface area contributed by atoms with Crippen LogP contribution < -0.4 is 0 Å². The number of hydrogen-bond donors (Lipinski definition) is 1. The molecule has 0 saturated heterocycles. The Kier molecular flexibility index (Phi) is 6.49. The van der Waals surface area contributed by atoms with Gasteiger partial charge in [-0.15, -0.1) is 0 Å². The Morgan fingerprint density at radius 2 is 1.73 bits per heavy atom. The number of fused-ring (bicyclic) bond motifs is 5. The van der Waals surface area contributed by atoms with E-state index in [0.29, 0.717) is 10.8 Å². The monoisotopic (exact) mass is 412 g/mol. The maximum atomic E-state index is 9.42. The van der Waals surface area contributed by atoms with E-state index in [4.69, 9.17) is 0 Å². The molecule has 0 aliphatic heterocycles. The van der Waals surface area contributed by atoms with Gasteiger partial charge in [0.1, 0.15) is 0 Å². The Labute approximate surface area is 186 Å². The molecular weight excluding hydrogens is 364 g/mol. The van der Waals surface area contributed by atoms with Gasteiger partial charge in [0.2, 0.25) is 0 Å². The summed E-state index contributed by atoms with van der Waals surface area (Å²) in [6.45, 7) is 12.2. The summed E-state index contributed by atoms with van der Waals surface area (Å²) in [5.74, 6) is 5.69. The summed E-state index contributed by atoms with van der Waals surface area (Å²) in [6, 6.07) is 0. The topological polar surface area (TPSA) is 20.2 Å². The van der Waals surface area contributed by atoms with Crippen molar-refractivity contribution >= 4 is 0 Å². The fraction of sp³-hybridized carbons (Fsp3) is 0.862. The van der Waals surface area contributed by atoms with E-state index in [0.717, 1.165) is 47.5 Å². The van der Waals surface area contributed by atoms with E-state index < -0.39 is 0 Å². The second-order valence-corrected chi connectivity index (χ2v) is 12.2. The second kappa shape index (κ2) is 8.67. The second-order valence-electron chi connectivity index (χ2n) is 12.2. The van der Waals surface area contributed by atoms with Gasteiger partial charge in [-0.05, 0) is 129 Å². The largest absolute Gasteiger partial charge is 0.515 e. The van der Waals surface area contributed by atoms with E-state index in [1.54, 1.807) is 0 Å².